The summed E-state index contributed by atoms with van der Waals surface area (Å²) in [4.78, 5) is 11.1. The van der Waals surface area contributed by atoms with E-state index in [-0.39, 0.29) is 5.56 Å². The van der Waals surface area contributed by atoms with Crippen LogP contribution in [0.4, 0.5) is 0 Å². The Balaban J connectivity index is 1.97. The SMILES string of the molecule is COc1ccc(OCCn2nc(C)c(C(=O)O)c2C)cc1. The van der Waals surface area contributed by atoms with Gasteiger partial charge in [-0.15, -0.1) is 0 Å². The molecule has 0 saturated heterocycles. The summed E-state index contributed by atoms with van der Waals surface area (Å²) in [5.74, 6) is 0.551. The predicted octanol–water partition coefficient (Wildman–Crippen LogP) is 2.29. The summed E-state index contributed by atoms with van der Waals surface area (Å²) in [6, 6.07) is 7.29. The third-order valence-electron chi connectivity index (χ3n) is 3.23. The quantitative estimate of drug-likeness (QED) is 0.883. The lowest BCUT2D eigenvalue weighted by atomic mass is 10.2. The van der Waals surface area contributed by atoms with Gasteiger partial charge in [0.2, 0.25) is 0 Å². The molecule has 6 nitrogen and oxygen atoms in total. The minimum absolute atomic E-state index is 0.263. The van der Waals surface area contributed by atoms with Gasteiger partial charge < -0.3 is 14.6 Å². The number of aromatic nitrogens is 2. The first-order valence-corrected chi connectivity index (χ1v) is 6.57. The van der Waals surface area contributed by atoms with Gasteiger partial charge in [0.15, 0.2) is 0 Å². The van der Waals surface area contributed by atoms with Gasteiger partial charge >= 0.3 is 5.97 Å². The number of methoxy groups -OCH3 is 1. The van der Waals surface area contributed by atoms with E-state index in [1.54, 1.807) is 25.6 Å². The Morgan fingerprint density at radius 3 is 2.38 bits per heavy atom. The largest absolute Gasteiger partial charge is 0.497 e. The molecule has 0 radical (unpaired) electrons. The molecule has 0 spiro atoms. The van der Waals surface area contributed by atoms with Crippen molar-refractivity contribution >= 4 is 5.97 Å². The minimum Gasteiger partial charge on any atom is -0.497 e. The second-order valence-electron chi connectivity index (χ2n) is 4.60. The molecule has 0 aliphatic heterocycles. The highest BCUT2D eigenvalue weighted by Gasteiger charge is 2.17. The summed E-state index contributed by atoms with van der Waals surface area (Å²) in [6.45, 7) is 4.34. The van der Waals surface area contributed by atoms with Crippen LogP contribution in [0.2, 0.25) is 0 Å². The highest BCUT2D eigenvalue weighted by Crippen LogP contribution is 2.17. The van der Waals surface area contributed by atoms with Gasteiger partial charge in [-0.25, -0.2) is 4.79 Å². The van der Waals surface area contributed by atoms with Crippen molar-refractivity contribution in [2.24, 2.45) is 0 Å². The molecular weight excluding hydrogens is 272 g/mol. The number of ether oxygens (including phenoxy) is 2. The maximum atomic E-state index is 11.1. The summed E-state index contributed by atoms with van der Waals surface area (Å²) in [6.07, 6.45) is 0. The first-order valence-electron chi connectivity index (χ1n) is 6.57. The fraction of sp³-hybridized carbons (Fsp3) is 0.333. The number of benzene rings is 1. The maximum absolute atomic E-state index is 11.1. The van der Waals surface area contributed by atoms with Gasteiger partial charge in [0.05, 0.1) is 25.0 Å². The molecule has 1 N–H and O–H groups in total. The average Bonchev–Trinajstić information content (AvgIpc) is 2.74. The second kappa shape index (κ2) is 6.30. The monoisotopic (exact) mass is 290 g/mol. The molecule has 0 saturated carbocycles. The molecule has 2 aromatic rings. The van der Waals surface area contributed by atoms with Crippen molar-refractivity contribution in [1.82, 2.24) is 9.78 Å². The molecular formula is C15H18N2O4. The van der Waals surface area contributed by atoms with E-state index < -0.39 is 5.97 Å². The van der Waals surface area contributed by atoms with Gasteiger partial charge in [0.1, 0.15) is 23.7 Å². The highest BCUT2D eigenvalue weighted by molar-refractivity contribution is 5.90. The van der Waals surface area contributed by atoms with Gasteiger partial charge in [-0.3, -0.25) is 4.68 Å². The number of carboxylic acid groups (broad SMARTS) is 1. The van der Waals surface area contributed by atoms with Crippen molar-refractivity contribution in [3.8, 4) is 11.5 Å². The van der Waals surface area contributed by atoms with E-state index in [9.17, 15) is 4.79 Å². The van der Waals surface area contributed by atoms with Gasteiger partial charge in [-0.2, -0.15) is 5.10 Å². The summed E-state index contributed by atoms with van der Waals surface area (Å²) < 4.78 is 12.3. The number of hydrogen-bond donors (Lipinski definition) is 1. The smallest absolute Gasteiger partial charge is 0.339 e. The third kappa shape index (κ3) is 3.34. The van der Waals surface area contributed by atoms with Crippen LogP contribution in [0.5, 0.6) is 11.5 Å². The van der Waals surface area contributed by atoms with Crippen molar-refractivity contribution in [3.63, 3.8) is 0 Å². The summed E-state index contributed by atoms with van der Waals surface area (Å²) in [7, 11) is 1.61. The van der Waals surface area contributed by atoms with Gasteiger partial charge in [0.25, 0.3) is 0 Å². The van der Waals surface area contributed by atoms with Crippen LogP contribution >= 0.6 is 0 Å². The Labute approximate surface area is 122 Å². The van der Waals surface area contributed by atoms with Crippen LogP contribution in [-0.2, 0) is 6.54 Å². The van der Waals surface area contributed by atoms with E-state index >= 15 is 0 Å². The zero-order chi connectivity index (χ0) is 15.4. The highest BCUT2D eigenvalue weighted by atomic mass is 16.5. The normalized spacial score (nSPS) is 10.4. The minimum atomic E-state index is -0.952. The van der Waals surface area contributed by atoms with Crippen molar-refractivity contribution in [2.75, 3.05) is 13.7 Å². The number of rotatable bonds is 6. The van der Waals surface area contributed by atoms with Gasteiger partial charge in [-0.1, -0.05) is 0 Å². The van der Waals surface area contributed by atoms with Crippen molar-refractivity contribution in [2.45, 2.75) is 20.4 Å². The van der Waals surface area contributed by atoms with Crippen molar-refractivity contribution < 1.29 is 19.4 Å². The first-order chi connectivity index (χ1) is 10.0. The maximum Gasteiger partial charge on any atom is 0.339 e. The zero-order valence-corrected chi connectivity index (χ0v) is 12.3. The Bertz CT molecular complexity index is 632. The zero-order valence-electron chi connectivity index (χ0n) is 12.3. The fourth-order valence-electron chi connectivity index (χ4n) is 2.15. The van der Waals surface area contributed by atoms with Crippen LogP contribution in [0.25, 0.3) is 0 Å². The van der Waals surface area contributed by atoms with E-state index in [0.717, 1.165) is 11.5 Å². The van der Waals surface area contributed by atoms with E-state index in [4.69, 9.17) is 14.6 Å². The van der Waals surface area contributed by atoms with E-state index in [0.29, 0.717) is 24.5 Å². The molecule has 0 aliphatic rings. The molecule has 6 heteroatoms. The summed E-state index contributed by atoms with van der Waals surface area (Å²) in [5, 5.41) is 13.3. The van der Waals surface area contributed by atoms with Crippen LogP contribution in [0.1, 0.15) is 21.7 Å². The number of aromatic carboxylic acids is 1. The van der Waals surface area contributed by atoms with E-state index in [1.807, 2.05) is 24.3 Å². The van der Waals surface area contributed by atoms with Crippen LogP contribution < -0.4 is 9.47 Å². The van der Waals surface area contributed by atoms with Crippen molar-refractivity contribution in [3.05, 3.63) is 41.2 Å². The molecule has 1 heterocycles. The fourth-order valence-corrected chi connectivity index (χ4v) is 2.15. The molecule has 0 bridgehead atoms. The average molecular weight is 290 g/mol. The molecule has 1 aromatic carbocycles. The lowest BCUT2D eigenvalue weighted by Gasteiger charge is -2.08. The van der Waals surface area contributed by atoms with E-state index in [1.165, 1.54) is 0 Å². The molecule has 0 aliphatic carbocycles. The lowest BCUT2D eigenvalue weighted by molar-refractivity contribution is 0.0695. The number of hydrogen-bond acceptors (Lipinski definition) is 4. The molecule has 1 aromatic heterocycles. The van der Waals surface area contributed by atoms with Crippen LogP contribution in [0, 0.1) is 13.8 Å². The number of carbonyl (C=O) groups is 1. The third-order valence-corrected chi connectivity index (χ3v) is 3.23. The van der Waals surface area contributed by atoms with E-state index in [2.05, 4.69) is 5.10 Å². The predicted molar refractivity (Wildman–Crippen MR) is 77.1 cm³/mol. The Hall–Kier alpha value is -2.50. The topological polar surface area (TPSA) is 73.6 Å². The Morgan fingerprint density at radius 2 is 1.86 bits per heavy atom. The standard InChI is InChI=1S/C15H18N2O4/c1-10-14(15(18)19)11(2)17(16-10)8-9-21-13-6-4-12(20-3)5-7-13/h4-7H,8-9H2,1-3H3,(H,18,19). The lowest BCUT2D eigenvalue weighted by Crippen LogP contribution is -2.11. The number of carboxylic acids is 1. The first kappa shape index (κ1) is 14.9. The second-order valence-corrected chi connectivity index (χ2v) is 4.60. The Morgan fingerprint density at radius 1 is 1.24 bits per heavy atom. The number of aryl methyl sites for hydroxylation is 1. The summed E-state index contributed by atoms with van der Waals surface area (Å²) in [5.41, 5.74) is 1.42. The molecule has 112 valence electrons. The molecule has 0 fully saturated rings. The van der Waals surface area contributed by atoms with Gasteiger partial charge in [-0.05, 0) is 38.1 Å². The molecule has 2 rings (SSSR count). The molecule has 0 unspecified atom stereocenters. The molecule has 0 atom stereocenters. The van der Waals surface area contributed by atoms with Crippen LogP contribution in [0.3, 0.4) is 0 Å². The van der Waals surface area contributed by atoms with Crippen LogP contribution in [0.15, 0.2) is 24.3 Å². The van der Waals surface area contributed by atoms with Crippen LogP contribution in [-0.4, -0.2) is 34.6 Å². The van der Waals surface area contributed by atoms with Crippen molar-refractivity contribution in [1.29, 1.82) is 0 Å². The summed E-state index contributed by atoms with van der Waals surface area (Å²) >= 11 is 0. The molecule has 0 amide bonds. The number of nitrogens with zero attached hydrogens (tertiary/aromatic N) is 2. The molecule has 21 heavy (non-hydrogen) atoms. The Kier molecular flexibility index (Phi) is 4.47. The van der Waals surface area contributed by atoms with Gasteiger partial charge in [0, 0.05) is 0 Å².